The largest absolute Gasteiger partial charge is 0.352 e. The molecule has 1 saturated heterocycles. The van der Waals surface area contributed by atoms with Crippen LogP contribution in [0.2, 0.25) is 0 Å². The number of hydrogen-bond acceptors (Lipinski definition) is 2. The van der Waals surface area contributed by atoms with E-state index < -0.39 is 0 Å². The van der Waals surface area contributed by atoms with Crippen molar-refractivity contribution in [2.75, 3.05) is 13.1 Å². The number of rotatable bonds is 5. The van der Waals surface area contributed by atoms with Crippen LogP contribution in [0.5, 0.6) is 0 Å². The maximum Gasteiger partial charge on any atom is 0.226 e. The first-order chi connectivity index (χ1) is 9.78. The number of nitrogens with one attached hydrogen (secondary N) is 2. The molecule has 20 heavy (non-hydrogen) atoms. The Kier molecular flexibility index (Phi) is 4.06. The third kappa shape index (κ3) is 3.21. The molecule has 0 atom stereocenters. The summed E-state index contributed by atoms with van der Waals surface area (Å²) in [6.07, 6.45) is 5.71. The summed E-state index contributed by atoms with van der Waals surface area (Å²) < 4.78 is 0. The first-order valence-corrected chi connectivity index (χ1v) is 7.81. The lowest BCUT2D eigenvalue weighted by Gasteiger charge is -2.36. The van der Waals surface area contributed by atoms with E-state index in [0.29, 0.717) is 6.54 Å². The topological polar surface area (TPSA) is 41.1 Å². The molecule has 3 rings (SSSR count). The van der Waals surface area contributed by atoms with E-state index in [1.54, 1.807) is 0 Å². The minimum atomic E-state index is -0.110. The Morgan fingerprint density at radius 1 is 1.20 bits per heavy atom. The minimum absolute atomic E-state index is 0.110. The van der Waals surface area contributed by atoms with Crippen molar-refractivity contribution < 1.29 is 4.79 Å². The molecule has 0 spiro atoms. The Morgan fingerprint density at radius 3 is 2.55 bits per heavy atom. The van der Waals surface area contributed by atoms with Crippen LogP contribution in [0.15, 0.2) is 30.3 Å². The van der Waals surface area contributed by atoms with Crippen LogP contribution in [0.4, 0.5) is 0 Å². The van der Waals surface area contributed by atoms with Gasteiger partial charge in [0.2, 0.25) is 5.91 Å². The van der Waals surface area contributed by atoms with Gasteiger partial charge in [-0.15, -0.1) is 0 Å². The van der Waals surface area contributed by atoms with Crippen LogP contribution in [0.1, 0.15) is 37.7 Å². The lowest BCUT2D eigenvalue weighted by Crippen LogP contribution is -2.47. The van der Waals surface area contributed by atoms with Crippen LogP contribution >= 0.6 is 0 Å². The number of carbonyl (C=O) groups is 1. The summed E-state index contributed by atoms with van der Waals surface area (Å²) in [6.45, 7) is 2.61. The Labute approximate surface area is 121 Å². The Balaban J connectivity index is 1.62. The molecule has 1 amide bonds. The zero-order chi connectivity index (χ0) is 13.8. The smallest absolute Gasteiger partial charge is 0.226 e. The van der Waals surface area contributed by atoms with E-state index in [9.17, 15) is 4.79 Å². The van der Waals surface area contributed by atoms with E-state index in [-0.39, 0.29) is 11.3 Å². The molecule has 2 aliphatic rings. The van der Waals surface area contributed by atoms with E-state index in [4.69, 9.17) is 0 Å². The first-order valence-electron chi connectivity index (χ1n) is 7.81. The highest BCUT2D eigenvalue weighted by Gasteiger charge is 2.43. The number of benzene rings is 1. The molecule has 1 aromatic rings. The molecule has 1 aliphatic heterocycles. The summed E-state index contributed by atoms with van der Waals surface area (Å²) >= 11 is 0. The summed E-state index contributed by atoms with van der Waals surface area (Å²) in [5, 5.41) is 6.56. The van der Waals surface area contributed by atoms with Gasteiger partial charge in [-0.2, -0.15) is 0 Å². The molecule has 3 nitrogen and oxygen atoms in total. The summed E-state index contributed by atoms with van der Waals surface area (Å²) in [7, 11) is 0. The molecule has 0 aromatic heterocycles. The van der Waals surface area contributed by atoms with Crippen molar-refractivity contribution in [2.24, 2.45) is 11.3 Å². The molecule has 108 valence electrons. The van der Waals surface area contributed by atoms with Gasteiger partial charge in [0.05, 0.1) is 5.41 Å². The van der Waals surface area contributed by atoms with Crippen molar-refractivity contribution in [3.63, 3.8) is 0 Å². The van der Waals surface area contributed by atoms with E-state index >= 15 is 0 Å². The quantitative estimate of drug-likeness (QED) is 0.864. The maximum absolute atomic E-state index is 12.7. The van der Waals surface area contributed by atoms with Crippen molar-refractivity contribution in [3.8, 4) is 0 Å². The van der Waals surface area contributed by atoms with Gasteiger partial charge in [0.25, 0.3) is 0 Å². The molecule has 1 saturated carbocycles. The summed E-state index contributed by atoms with van der Waals surface area (Å²) in [5.41, 5.74) is 1.07. The fourth-order valence-electron chi connectivity index (χ4n) is 3.27. The van der Waals surface area contributed by atoms with Crippen molar-refractivity contribution in [2.45, 2.75) is 38.6 Å². The van der Waals surface area contributed by atoms with Crippen LogP contribution in [0.25, 0.3) is 0 Å². The van der Waals surface area contributed by atoms with E-state index in [1.165, 1.54) is 18.4 Å². The minimum Gasteiger partial charge on any atom is -0.352 e. The predicted molar refractivity (Wildman–Crippen MR) is 80.2 cm³/mol. The molecule has 0 radical (unpaired) electrons. The van der Waals surface area contributed by atoms with Gasteiger partial charge >= 0.3 is 0 Å². The van der Waals surface area contributed by atoms with E-state index in [2.05, 4.69) is 22.8 Å². The molecule has 3 heteroatoms. The molecule has 0 bridgehead atoms. The summed E-state index contributed by atoms with van der Waals surface area (Å²) in [5.74, 6) is 1.07. The fourth-order valence-corrected chi connectivity index (χ4v) is 3.27. The van der Waals surface area contributed by atoms with Crippen molar-refractivity contribution in [1.29, 1.82) is 0 Å². The molecule has 1 aromatic carbocycles. The predicted octanol–water partition coefficient (Wildman–Crippen LogP) is 2.47. The Morgan fingerprint density at radius 2 is 1.90 bits per heavy atom. The van der Waals surface area contributed by atoms with Crippen LogP contribution in [-0.4, -0.2) is 19.0 Å². The molecular weight excluding hydrogens is 248 g/mol. The van der Waals surface area contributed by atoms with Crippen LogP contribution in [-0.2, 0) is 11.3 Å². The van der Waals surface area contributed by atoms with E-state index in [0.717, 1.165) is 38.3 Å². The van der Waals surface area contributed by atoms with Crippen LogP contribution in [0, 0.1) is 11.3 Å². The third-order valence-corrected chi connectivity index (χ3v) is 4.71. The second-order valence-corrected chi connectivity index (χ2v) is 6.35. The number of carbonyl (C=O) groups excluding carboxylic acids is 1. The summed E-state index contributed by atoms with van der Waals surface area (Å²) in [6, 6.07) is 10.2. The van der Waals surface area contributed by atoms with Gasteiger partial charge in [-0.3, -0.25) is 4.79 Å². The van der Waals surface area contributed by atoms with Gasteiger partial charge < -0.3 is 10.6 Å². The van der Waals surface area contributed by atoms with Crippen LogP contribution < -0.4 is 10.6 Å². The highest BCUT2D eigenvalue weighted by Crippen LogP contribution is 2.44. The van der Waals surface area contributed by atoms with Gasteiger partial charge in [0, 0.05) is 6.54 Å². The van der Waals surface area contributed by atoms with Crippen molar-refractivity contribution in [3.05, 3.63) is 35.9 Å². The lowest BCUT2D eigenvalue weighted by molar-refractivity contribution is -0.133. The SMILES string of the molecule is O=C(NCc1ccccc1)C1(CC2CC2)CCNCC1. The fraction of sp³-hybridized carbons (Fsp3) is 0.588. The second kappa shape index (κ2) is 5.96. The molecular formula is C17H24N2O. The lowest BCUT2D eigenvalue weighted by atomic mass is 9.74. The highest BCUT2D eigenvalue weighted by atomic mass is 16.2. The molecule has 2 fully saturated rings. The van der Waals surface area contributed by atoms with E-state index in [1.807, 2.05) is 18.2 Å². The monoisotopic (exact) mass is 272 g/mol. The zero-order valence-corrected chi connectivity index (χ0v) is 12.0. The molecule has 1 heterocycles. The Hall–Kier alpha value is -1.35. The molecule has 2 N–H and O–H groups in total. The van der Waals surface area contributed by atoms with Gasteiger partial charge in [-0.1, -0.05) is 43.2 Å². The first kappa shape index (κ1) is 13.6. The molecule has 0 unspecified atom stereocenters. The third-order valence-electron chi connectivity index (χ3n) is 4.71. The highest BCUT2D eigenvalue weighted by molar-refractivity contribution is 5.82. The number of piperidine rings is 1. The van der Waals surface area contributed by atoms with Gasteiger partial charge in [0.1, 0.15) is 0 Å². The number of hydrogen-bond donors (Lipinski definition) is 2. The van der Waals surface area contributed by atoms with Crippen molar-refractivity contribution in [1.82, 2.24) is 10.6 Å². The van der Waals surface area contributed by atoms with Gasteiger partial charge in [0.15, 0.2) is 0 Å². The average Bonchev–Trinajstić information content (AvgIpc) is 3.30. The second-order valence-electron chi connectivity index (χ2n) is 6.35. The summed E-state index contributed by atoms with van der Waals surface area (Å²) in [4.78, 5) is 12.7. The van der Waals surface area contributed by atoms with Crippen molar-refractivity contribution >= 4 is 5.91 Å². The molecule has 1 aliphatic carbocycles. The van der Waals surface area contributed by atoms with Gasteiger partial charge in [-0.25, -0.2) is 0 Å². The normalized spacial score (nSPS) is 21.4. The maximum atomic E-state index is 12.7. The van der Waals surface area contributed by atoms with Crippen LogP contribution in [0.3, 0.4) is 0 Å². The Bertz CT molecular complexity index is 447. The standard InChI is InChI=1S/C17H24N2O/c20-16(19-13-15-4-2-1-3-5-15)17(12-14-6-7-14)8-10-18-11-9-17/h1-5,14,18H,6-13H2,(H,19,20). The zero-order valence-electron chi connectivity index (χ0n) is 12.0. The average molecular weight is 272 g/mol. The number of amides is 1. The van der Waals surface area contributed by atoms with Gasteiger partial charge in [-0.05, 0) is 43.8 Å².